The van der Waals surface area contributed by atoms with Crippen LogP contribution in [0.4, 0.5) is 0 Å². The molecule has 108 valence electrons. The van der Waals surface area contributed by atoms with Crippen LogP contribution in [0.1, 0.15) is 12.8 Å². The zero-order valence-corrected chi connectivity index (χ0v) is 11.1. The number of pyridine rings is 1. The third kappa shape index (κ3) is 3.24. The molecule has 1 fully saturated rings. The van der Waals surface area contributed by atoms with Gasteiger partial charge in [0.05, 0.1) is 0 Å². The zero-order chi connectivity index (χ0) is 14.5. The van der Waals surface area contributed by atoms with Crippen LogP contribution in [0.25, 0.3) is 0 Å². The summed E-state index contributed by atoms with van der Waals surface area (Å²) in [5, 5.41) is 0. The summed E-state index contributed by atoms with van der Waals surface area (Å²) >= 11 is 0. The highest BCUT2D eigenvalue weighted by Gasteiger charge is 2.26. The number of amides is 2. The van der Waals surface area contributed by atoms with Crippen molar-refractivity contribution in [3.8, 4) is 0 Å². The number of aromatic nitrogens is 1. The molecule has 0 saturated carbocycles. The number of piperidine rings is 1. The third-order valence-electron chi connectivity index (χ3n) is 3.57. The van der Waals surface area contributed by atoms with E-state index in [4.69, 9.17) is 5.84 Å². The van der Waals surface area contributed by atoms with Gasteiger partial charge in [0.2, 0.25) is 11.8 Å². The maximum atomic E-state index is 12.1. The van der Waals surface area contributed by atoms with Crippen molar-refractivity contribution in [1.29, 1.82) is 0 Å². The normalized spacial score (nSPS) is 15.9. The lowest BCUT2D eigenvalue weighted by molar-refractivity contribution is -0.136. The van der Waals surface area contributed by atoms with E-state index in [9.17, 15) is 14.4 Å². The second-order valence-corrected chi connectivity index (χ2v) is 4.83. The molecule has 7 heteroatoms. The lowest BCUT2D eigenvalue weighted by Crippen LogP contribution is -2.45. The van der Waals surface area contributed by atoms with Gasteiger partial charge in [-0.1, -0.05) is 6.07 Å². The fourth-order valence-electron chi connectivity index (χ4n) is 2.35. The molecule has 0 radical (unpaired) electrons. The summed E-state index contributed by atoms with van der Waals surface area (Å²) in [7, 11) is 0. The van der Waals surface area contributed by atoms with Crippen molar-refractivity contribution in [3.63, 3.8) is 0 Å². The van der Waals surface area contributed by atoms with Gasteiger partial charge in [-0.25, -0.2) is 5.84 Å². The van der Waals surface area contributed by atoms with Gasteiger partial charge in [-0.2, -0.15) is 0 Å². The van der Waals surface area contributed by atoms with Crippen LogP contribution in [-0.2, 0) is 16.1 Å². The Bertz CT molecular complexity index is 547. The molecule has 3 N–H and O–H groups in total. The van der Waals surface area contributed by atoms with Crippen LogP contribution in [0.2, 0.25) is 0 Å². The van der Waals surface area contributed by atoms with Gasteiger partial charge in [0.1, 0.15) is 6.54 Å². The largest absolute Gasteiger partial charge is 0.341 e. The average molecular weight is 278 g/mol. The summed E-state index contributed by atoms with van der Waals surface area (Å²) in [6, 6.07) is 4.78. The molecule has 0 unspecified atom stereocenters. The molecule has 20 heavy (non-hydrogen) atoms. The number of nitrogens with zero attached hydrogens (tertiary/aromatic N) is 2. The van der Waals surface area contributed by atoms with Gasteiger partial charge in [0, 0.05) is 31.3 Å². The molecule has 2 amide bonds. The molecule has 0 atom stereocenters. The molecule has 2 rings (SSSR count). The Morgan fingerprint density at radius 1 is 1.30 bits per heavy atom. The van der Waals surface area contributed by atoms with Crippen molar-refractivity contribution in [2.75, 3.05) is 13.1 Å². The van der Waals surface area contributed by atoms with Gasteiger partial charge in [-0.15, -0.1) is 0 Å². The SMILES string of the molecule is NNC(=O)C1CCN(C(=O)Cn2ccccc2=O)CC1. The van der Waals surface area contributed by atoms with Gasteiger partial charge in [0.25, 0.3) is 5.56 Å². The zero-order valence-electron chi connectivity index (χ0n) is 11.1. The summed E-state index contributed by atoms with van der Waals surface area (Å²) in [5.74, 6) is 4.67. The van der Waals surface area contributed by atoms with Gasteiger partial charge < -0.3 is 9.47 Å². The van der Waals surface area contributed by atoms with Gasteiger partial charge in [0.15, 0.2) is 0 Å². The summed E-state index contributed by atoms with van der Waals surface area (Å²) < 4.78 is 1.38. The molecular weight excluding hydrogens is 260 g/mol. The first kappa shape index (κ1) is 14.3. The summed E-state index contributed by atoms with van der Waals surface area (Å²) in [6.07, 6.45) is 2.78. The van der Waals surface area contributed by atoms with Crippen LogP contribution in [0.3, 0.4) is 0 Å². The van der Waals surface area contributed by atoms with Crippen molar-refractivity contribution in [3.05, 3.63) is 34.7 Å². The number of hydrogen-bond donors (Lipinski definition) is 2. The minimum atomic E-state index is -0.196. The van der Waals surface area contributed by atoms with Crippen LogP contribution >= 0.6 is 0 Å². The van der Waals surface area contributed by atoms with E-state index in [1.54, 1.807) is 23.2 Å². The molecule has 0 aliphatic carbocycles. The second-order valence-electron chi connectivity index (χ2n) is 4.83. The fraction of sp³-hybridized carbons (Fsp3) is 0.462. The molecular formula is C13H18N4O3. The molecule has 1 aromatic rings. The van der Waals surface area contributed by atoms with Gasteiger partial charge >= 0.3 is 0 Å². The van der Waals surface area contributed by atoms with Crippen molar-refractivity contribution in [1.82, 2.24) is 14.9 Å². The number of hydrazine groups is 1. The monoisotopic (exact) mass is 278 g/mol. The van der Waals surface area contributed by atoms with Crippen molar-refractivity contribution < 1.29 is 9.59 Å². The highest BCUT2D eigenvalue weighted by atomic mass is 16.2. The minimum Gasteiger partial charge on any atom is -0.341 e. The quantitative estimate of drug-likeness (QED) is 0.424. The lowest BCUT2D eigenvalue weighted by Gasteiger charge is -2.31. The van der Waals surface area contributed by atoms with E-state index in [0.29, 0.717) is 25.9 Å². The molecule has 1 aliphatic rings. The maximum Gasteiger partial charge on any atom is 0.250 e. The van der Waals surface area contributed by atoms with Crippen LogP contribution in [-0.4, -0.2) is 34.4 Å². The first-order valence-corrected chi connectivity index (χ1v) is 6.55. The highest BCUT2D eigenvalue weighted by molar-refractivity contribution is 5.79. The number of nitrogens with two attached hydrogens (primary N) is 1. The minimum absolute atomic E-state index is 0.0351. The topological polar surface area (TPSA) is 97.4 Å². The third-order valence-corrected chi connectivity index (χ3v) is 3.57. The number of carbonyl (C=O) groups excluding carboxylic acids is 2. The molecule has 7 nitrogen and oxygen atoms in total. The van der Waals surface area contributed by atoms with Crippen molar-refractivity contribution in [2.24, 2.45) is 11.8 Å². The first-order valence-electron chi connectivity index (χ1n) is 6.55. The van der Waals surface area contributed by atoms with E-state index < -0.39 is 0 Å². The molecule has 0 aromatic carbocycles. The molecule has 0 bridgehead atoms. The summed E-state index contributed by atoms with van der Waals surface area (Å²) in [5.41, 5.74) is 1.94. The number of hydrogen-bond acceptors (Lipinski definition) is 4. The molecule has 0 spiro atoms. The van der Waals surface area contributed by atoms with E-state index in [1.165, 1.54) is 10.6 Å². The molecule has 2 heterocycles. The van der Waals surface area contributed by atoms with Crippen LogP contribution in [0.5, 0.6) is 0 Å². The van der Waals surface area contributed by atoms with Gasteiger partial charge in [-0.3, -0.25) is 19.8 Å². The number of carbonyl (C=O) groups is 2. The highest BCUT2D eigenvalue weighted by Crippen LogP contribution is 2.17. The van der Waals surface area contributed by atoms with E-state index in [0.717, 1.165) is 0 Å². The predicted octanol–water partition coefficient (Wildman–Crippen LogP) is -0.923. The van der Waals surface area contributed by atoms with E-state index in [2.05, 4.69) is 5.43 Å². The lowest BCUT2D eigenvalue weighted by atomic mass is 9.96. The second kappa shape index (κ2) is 6.33. The summed E-state index contributed by atoms with van der Waals surface area (Å²) in [6.45, 7) is 1.06. The van der Waals surface area contributed by atoms with Crippen molar-refractivity contribution in [2.45, 2.75) is 19.4 Å². The Morgan fingerprint density at radius 2 is 2.00 bits per heavy atom. The Hall–Kier alpha value is -2.15. The molecule has 1 aliphatic heterocycles. The average Bonchev–Trinajstić information content (AvgIpc) is 2.49. The van der Waals surface area contributed by atoms with Crippen LogP contribution in [0, 0.1) is 5.92 Å². The van der Waals surface area contributed by atoms with E-state index >= 15 is 0 Å². The number of nitrogens with one attached hydrogen (secondary N) is 1. The van der Waals surface area contributed by atoms with E-state index in [1.807, 2.05) is 0 Å². The Kier molecular flexibility index (Phi) is 4.52. The van der Waals surface area contributed by atoms with Crippen molar-refractivity contribution >= 4 is 11.8 Å². The molecule has 1 aromatic heterocycles. The molecule has 1 saturated heterocycles. The van der Waals surface area contributed by atoms with Crippen LogP contribution in [0.15, 0.2) is 29.2 Å². The maximum absolute atomic E-state index is 12.1. The van der Waals surface area contributed by atoms with Crippen LogP contribution < -0.4 is 16.8 Å². The standard InChI is InChI=1S/C13H18N4O3/c14-15-13(20)10-4-7-16(8-5-10)12(19)9-17-6-2-1-3-11(17)18/h1-3,6,10H,4-5,7-9,14H2,(H,15,20). The van der Waals surface area contributed by atoms with E-state index in [-0.39, 0.29) is 29.8 Å². The number of rotatable bonds is 3. The van der Waals surface area contributed by atoms with Gasteiger partial charge in [-0.05, 0) is 18.9 Å². The predicted molar refractivity (Wildman–Crippen MR) is 72.3 cm³/mol. The first-order chi connectivity index (χ1) is 9.61. The smallest absolute Gasteiger partial charge is 0.250 e. The Morgan fingerprint density at radius 3 is 2.60 bits per heavy atom. The fourth-order valence-corrected chi connectivity index (χ4v) is 2.35. The Balaban J connectivity index is 1.91. The number of likely N-dealkylation sites (tertiary alicyclic amines) is 1. The Labute approximate surface area is 116 Å². The summed E-state index contributed by atoms with van der Waals surface area (Å²) in [4.78, 5) is 36.7.